The van der Waals surface area contributed by atoms with Crippen molar-refractivity contribution in [3.63, 3.8) is 0 Å². The van der Waals surface area contributed by atoms with Crippen molar-refractivity contribution in [2.24, 2.45) is 5.92 Å². The molecule has 1 atom stereocenters. The molecule has 7 nitrogen and oxygen atoms in total. The molecule has 0 aromatic carbocycles. The van der Waals surface area contributed by atoms with Gasteiger partial charge in [0, 0.05) is 12.3 Å². The summed E-state index contributed by atoms with van der Waals surface area (Å²) >= 11 is 0. The predicted octanol–water partition coefficient (Wildman–Crippen LogP) is 0.939. The number of aromatic nitrogens is 3. The number of carboxylic acid groups (broad SMARTS) is 1. The van der Waals surface area contributed by atoms with Gasteiger partial charge in [-0.1, -0.05) is 0 Å². The standard InChI is InChI=1S/C14H16N4O3/c1-7-5-11-15-6-10(8(2)18(11)17-7)13(19)16-12(14(20)21)9-3-4-9/h5-6,9,12H,3-4H2,1-2H3,(H,16,19)(H,20,21). The molecule has 2 N–H and O–H groups in total. The van der Waals surface area contributed by atoms with E-state index in [0.717, 1.165) is 18.5 Å². The van der Waals surface area contributed by atoms with E-state index in [0.29, 0.717) is 16.9 Å². The van der Waals surface area contributed by atoms with Crippen LogP contribution >= 0.6 is 0 Å². The maximum absolute atomic E-state index is 12.3. The summed E-state index contributed by atoms with van der Waals surface area (Å²) < 4.78 is 1.59. The van der Waals surface area contributed by atoms with Gasteiger partial charge in [0.05, 0.1) is 17.0 Å². The van der Waals surface area contributed by atoms with Crippen LogP contribution in [0.1, 0.15) is 34.6 Å². The van der Waals surface area contributed by atoms with Gasteiger partial charge in [-0.15, -0.1) is 0 Å². The van der Waals surface area contributed by atoms with E-state index in [-0.39, 0.29) is 5.92 Å². The van der Waals surface area contributed by atoms with Crippen LogP contribution < -0.4 is 5.32 Å². The van der Waals surface area contributed by atoms with Crippen molar-refractivity contribution < 1.29 is 14.7 Å². The van der Waals surface area contributed by atoms with Gasteiger partial charge in [-0.05, 0) is 32.6 Å². The van der Waals surface area contributed by atoms with Crippen LogP contribution in [0.15, 0.2) is 12.3 Å². The number of amides is 1. The van der Waals surface area contributed by atoms with E-state index >= 15 is 0 Å². The lowest BCUT2D eigenvalue weighted by molar-refractivity contribution is -0.139. The van der Waals surface area contributed by atoms with Crippen LogP contribution in [0, 0.1) is 19.8 Å². The molecule has 2 aromatic heterocycles. The number of nitrogens with one attached hydrogen (secondary N) is 1. The van der Waals surface area contributed by atoms with Gasteiger partial charge >= 0.3 is 5.97 Å². The Kier molecular flexibility index (Phi) is 3.12. The third kappa shape index (κ3) is 2.46. The Morgan fingerprint density at radius 1 is 1.43 bits per heavy atom. The lowest BCUT2D eigenvalue weighted by Gasteiger charge is -2.14. The Bertz CT molecular complexity index is 733. The summed E-state index contributed by atoms with van der Waals surface area (Å²) in [5, 5.41) is 16.0. The van der Waals surface area contributed by atoms with E-state index in [1.807, 2.05) is 13.0 Å². The zero-order chi connectivity index (χ0) is 15.1. The van der Waals surface area contributed by atoms with E-state index in [1.165, 1.54) is 6.20 Å². The summed E-state index contributed by atoms with van der Waals surface area (Å²) in [5.74, 6) is -1.38. The molecule has 0 aliphatic heterocycles. The van der Waals surface area contributed by atoms with Gasteiger partial charge in [0.25, 0.3) is 5.91 Å². The number of rotatable bonds is 4. The van der Waals surface area contributed by atoms with Crippen molar-refractivity contribution in [3.8, 4) is 0 Å². The summed E-state index contributed by atoms with van der Waals surface area (Å²) in [7, 11) is 0. The second-order valence-corrected chi connectivity index (χ2v) is 5.44. The van der Waals surface area contributed by atoms with E-state index in [9.17, 15) is 14.7 Å². The van der Waals surface area contributed by atoms with Gasteiger partial charge in [0.15, 0.2) is 5.65 Å². The molecule has 0 radical (unpaired) electrons. The minimum Gasteiger partial charge on any atom is -0.480 e. The highest BCUT2D eigenvalue weighted by molar-refractivity contribution is 5.97. The molecule has 0 bridgehead atoms. The number of aryl methyl sites for hydroxylation is 2. The Hall–Kier alpha value is -2.44. The predicted molar refractivity (Wildman–Crippen MR) is 74.1 cm³/mol. The molecule has 3 rings (SSSR count). The zero-order valence-electron chi connectivity index (χ0n) is 11.8. The lowest BCUT2D eigenvalue weighted by atomic mass is 10.1. The molecule has 7 heteroatoms. The first kappa shape index (κ1) is 13.5. The van der Waals surface area contributed by atoms with Crippen LogP contribution in [0.4, 0.5) is 0 Å². The number of carbonyl (C=O) groups excluding carboxylic acids is 1. The lowest BCUT2D eigenvalue weighted by Crippen LogP contribution is -2.42. The first-order valence-electron chi connectivity index (χ1n) is 6.83. The van der Waals surface area contributed by atoms with Crippen LogP contribution in [0.3, 0.4) is 0 Å². The minimum atomic E-state index is -0.993. The summed E-state index contributed by atoms with van der Waals surface area (Å²) in [4.78, 5) is 27.7. The number of hydrogen-bond acceptors (Lipinski definition) is 4. The SMILES string of the molecule is Cc1cc2ncc(C(=O)NC(C(=O)O)C3CC3)c(C)n2n1. The molecular weight excluding hydrogens is 272 g/mol. The molecule has 1 aliphatic rings. The van der Waals surface area contributed by atoms with Gasteiger partial charge in [0.2, 0.25) is 0 Å². The number of carboxylic acids is 1. The van der Waals surface area contributed by atoms with E-state index in [2.05, 4.69) is 15.4 Å². The number of carbonyl (C=O) groups is 2. The van der Waals surface area contributed by atoms with E-state index in [4.69, 9.17) is 0 Å². The third-order valence-corrected chi connectivity index (χ3v) is 3.74. The van der Waals surface area contributed by atoms with Gasteiger partial charge in [-0.3, -0.25) is 4.79 Å². The average Bonchev–Trinajstić information content (AvgIpc) is 3.17. The molecule has 2 heterocycles. The Labute approximate surface area is 121 Å². The Morgan fingerprint density at radius 2 is 2.14 bits per heavy atom. The maximum Gasteiger partial charge on any atom is 0.326 e. The first-order valence-corrected chi connectivity index (χ1v) is 6.83. The summed E-state index contributed by atoms with van der Waals surface area (Å²) in [6.07, 6.45) is 3.14. The number of hydrogen-bond donors (Lipinski definition) is 2. The van der Waals surface area contributed by atoms with Crippen LogP contribution in [-0.2, 0) is 4.79 Å². The van der Waals surface area contributed by atoms with Crippen LogP contribution in [0.2, 0.25) is 0 Å². The van der Waals surface area contributed by atoms with Crippen molar-refractivity contribution in [1.82, 2.24) is 19.9 Å². The molecule has 1 aliphatic carbocycles. The van der Waals surface area contributed by atoms with Crippen molar-refractivity contribution in [3.05, 3.63) is 29.2 Å². The van der Waals surface area contributed by atoms with Crippen molar-refractivity contribution in [2.75, 3.05) is 0 Å². The Balaban J connectivity index is 1.90. The molecule has 1 unspecified atom stereocenters. The normalized spacial score (nSPS) is 15.9. The number of aliphatic carboxylic acids is 1. The van der Waals surface area contributed by atoms with Crippen molar-refractivity contribution in [1.29, 1.82) is 0 Å². The second kappa shape index (κ2) is 4.83. The molecule has 1 saturated carbocycles. The molecule has 110 valence electrons. The highest BCUT2D eigenvalue weighted by Crippen LogP contribution is 2.32. The fourth-order valence-electron chi connectivity index (χ4n) is 2.42. The van der Waals surface area contributed by atoms with Crippen LogP contribution in [0.25, 0.3) is 5.65 Å². The third-order valence-electron chi connectivity index (χ3n) is 3.74. The molecule has 2 aromatic rings. The smallest absolute Gasteiger partial charge is 0.326 e. The second-order valence-electron chi connectivity index (χ2n) is 5.44. The van der Waals surface area contributed by atoms with Gasteiger partial charge in [-0.25, -0.2) is 14.3 Å². The van der Waals surface area contributed by atoms with Crippen LogP contribution in [-0.4, -0.2) is 37.6 Å². The fourth-order valence-corrected chi connectivity index (χ4v) is 2.42. The monoisotopic (exact) mass is 288 g/mol. The van der Waals surface area contributed by atoms with E-state index in [1.54, 1.807) is 11.4 Å². The Morgan fingerprint density at radius 3 is 2.76 bits per heavy atom. The quantitative estimate of drug-likeness (QED) is 0.872. The largest absolute Gasteiger partial charge is 0.480 e. The molecule has 0 saturated heterocycles. The molecular formula is C14H16N4O3. The average molecular weight is 288 g/mol. The molecule has 1 fully saturated rings. The van der Waals surface area contributed by atoms with Gasteiger partial charge in [-0.2, -0.15) is 5.10 Å². The van der Waals surface area contributed by atoms with Gasteiger partial charge in [0.1, 0.15) is 6.04 Å². The highest BCUT2D eigenvalue weighted by Gasteiger charge is 2.37. The minimum absolute atomic E-state index is 0.0374. The molecule has 1 amide bonds. The number of fused-ring (bicyclic) bond motifs is 1. The summed E-state index contributed by atoms with van der Waals surface area (Å²) in [6, 6.07) is 0.991. The van der Waals surface area contributed by atoms with E-state index < -0.39 is 17.9 Å². The van der Waals surface area contributed by atoms with Crippen molar-refractivity contribution in [2.45, 2.75) is 32.7 Å². The van der Waals surface area contributed by atoms with Gasteiger partial charge < -0.3 is 10.4 Å². The fraction of sp³-hybridized carbons (Fsp3) is 0.429. The van der Waals surface area contributed by atoms with Crippen LogP contribution in [0.5, 0.6) is 0 Å². The summed E-state index contributed by atoms with van der Waals surface area (Å²) in [6.45, 7) is 3.62. The molecule has 21 heavy (non-hydrogen) atoms. The molecule has 0 spiro atoms. The van der Waals surface area contributed by atoms with Crippen molar-refractivity contribution >= 4 is 17.5 Å². The summed E-state index contributed by atoms with van der Waals surface area (Å²) in [5.41, 5.74) is 2.46. The first-order chi connectivity index (χ1) is 9.97. The highest BCUT2D eigenvalue weighted by atomic mass is 16.4. The topological polar surface area (TPSA) is 96.6 Å². The zero-order valence-corrected chi connectivity index (χ0v) is 11.8. The maximum atomic E-state index is 12.3. The number of nitrogens with zero attached hydrogens (tertiary/aromatic N) is 3.